The van der Waals surface area contributed by atoms with Crippen molar-refractivity contribution in [1.29, 1.82) is 0 Å². The number of hydrogen-bond acceptors (Lipinski definition) is 3. The SMILES string of the molecule is CNc1c(-c2ccccc2)cc2oc3ccccc3c2c1O. The number of phenolic OH excluding ortho intramolecular Hbond substituents is 1. The Kier molecular flexibility index (Phi) is 2.79. The summed E-state index contributed by atoms with van der Waals surface area (Å²) in [5.74, 6) is 0.226. The zero-order chi connectivity index (χ0) is 15.1. The minimum atomic E-state index is 0.226. The van der Waals surface area contributed by atoms with Crippen LogP contribution in [0, 0.1) is 0 Å². The molecule has 0 bridgehead atoms. The maximum atomic E-state index is 10.8. The molecule has 0 atom stereocenters. The fourth-order valence-corrected chi connectivity index (χ4v) is 2.96. The zero-order valence-corrected chi connectivity index (χ0v) is 12.1. The van der Waals surface area contributed by atoms with Crippen LogP contribution in [0.1, 0.15) is 0 Å². The average Bonchev–Trinajstić information content (AvgIpc) is 2.94. The molecule has 3 aromatic carbocycles. The minimum absolute atomic E-state index is 0.226. The molecular weight excluding hydrogens is 274 g/mol. The third kappa shape index (κ3) is 1.76. The monoisotopic (exact) mass is 289 g/mol. The van der Waals surface area contributed by atoms with E-state index in [0.29, 0.717) is 11.3 Å². The smallest absolute Gasteiger partial charge is 0.151 e. The standard InChI is InChI=1S/C19H15NO2/c1-20-18-14(12-7-3-2-4-8-12)11-16-17(19(18)21)13-9-5-6-10-15(13)22-16/h2-11,20-21H,1H3. The molecule has 0 fully saturated rings. The van der Waals surface area contributed by atoms with Crippen LogP contribution in [0.5, 0.6) is 5.75 Å². The van der Waals surface area contributed by atoms with E-state index >= 15 is 0 Å². The number of anilines is 1. The van der Waals surface area contributed by atoms with Crippen LogP contribution >= 0.6 is 0 Å². The second-order valence-corrected chi connectivity index (χ2v) is 5.24. The Morgan fingerprint density at radius 2 is 1.64 bits per heavy atom. The Morgan fingerprint density at radius 3 is 2.41 bits per heavy atom. The fraction of sp³-hybridized carbons (Fsp3) is 0.0526. The van der Waals surface area contributed by atoms with Crippen LogP contribution in [0.4, 0.5) is 5.69 Å². The van der Waals surface area contributed by atoms with Crippen molar-refractivity contribution in [2.24, 2.45) is 0 Å². The lowest BCUT2D eigenvalue weighted by atomic mass is 10.00. The zero-order valence-electron chi connectivity index (χ0n) is 12.1. The summed E-state index contributed by atoms with van der Waals surface area (Å²) in [6.45, 7) is 0. The molecule has 0 saturated heterocycles. The quantitative estimate of drug-likeness (QED) is 0.510. The number of hydrogen-bond donors (Lipinski definition) is 2. The van der Waals surface area contributed by atoms with Gasteiger partial charge in [0, 0.05) is 18.0 Å². The van der Waals surface area contributed by atoms with Crippen LogP contribution in [-0.2, 0) is 0 Å². The van der Waals surface area contributed by atoms with E-state index < -0.39 is 0 Å². The third-order valence-electron chi connectivity index (χ3n) is 3.98. The molecule has 0 saturated carbocycles. The van der Waals surface area contributed by atoms with Gasteiger partial charge >= 0.3 is 0 Å². The van der Waals surface area contributed by atoms with Crippen molar-refractivity contribution < 1.29 is 9.52 Å². The highest BCUT2D eigenvalue weighted by molar-refractivity contribution is 6.12. The van der Waals surface area contributed by atoms with Crippen molar-refractivity contribution in [3.63, 3.8) is 0 Å². The first-order valence-electron chi connectivity index (χ1n) is 7.20. The predicted molar refractivity (Wildman–Crippen MR) is 90.4 cm³/mol. The number of nitrogens with one attached hydrogen (secondary N) is 1. The molecule has 3 heteroatoms. The van der Waals surface area contributed by atoms with Crippen molar-refractivity contribution >= 4 is 27.6 Å². The maximum Gasteiger partial charge on any atom is 0.151 e. The van der Waals surface area contributed by atoms with Gasteiger partial charge in [-0.3, -0.25) is 0 Å². The minimum Gasteiger partial charge on any atom is -0.505 e. The third-order valence-corrected chi connectivity index (χ3v) is 3.98. The number of rotatable bonds is 2. The van der Waals surface area contributed by atoms with Crippen molar-refractivity contribution in [3.05, 3.63) is 60.7 Å². The van der Waals surface area contributed by atoms with Crippen molar-refractivity contribution in [1.82, 2.24) is 0 Å². The Labute approximate surface area is 127 Å². The van der Waals surface area contributed by atoms with E-state index in [0.717, 1.165) is 27.5 Å². The van der Waals surface area contributed by atoms with E-state index in [2.05, 4.69) is 5.32 Å². The fourth-order valence-electron chi connectivity index (χ4n) is 2.96. The van der Waals surface area contributed by atoms with Gasteiger partial charge in [-0.25, -0.2) is 0 Å². The van der Waals surface area contributed by atoms with Crippen molar-refractivity contribution in [3.8, 4) is 16.9 Å². The van der Waals surface area contributed by atoms with Crippen LogP contribution in [-0.4, -0.2) is 12.2 Å². The molecule has 0 spiro atoms. The molecule has 0 unspecified atom stereocenters. The highest BCUT2D eigenvalue weighted by Gasteiger charge is 2.18. The van der Waals surface area contributed by atoms with E-state index in [9.17, 15) is 5.11 Å². The van der Waals surface area contributed by atoms with Gasteiger partial charge < -0.3 is 14.8 Å². The van der Waals surface area contributed by atoms with Gasteiger partial charge in [0.05, 0.1) is 11.1 Å². The van der Waals surface area contributed by atoms with Gasteiger partial charge in [-0.05, 0) is 17.7 Å². The highest BCUT2D eigenvalue weighted by atomic mass is 16.3. The second kappa shape index (κ2) is 4.81. The summed E-state index contributed by atoms with van der Waals surface area (Å²) in [5, 5.41) is 15.5. The second-order valence-electron chi connectivity index (χ2n) is 5.24. The molecule has 0 radical (unpaired) electrons. The van der Waals surface area contributed by atoms with E-state index in [1.54, 1.807) is 0 Å². The normalized spacial score (nSPS) is 11.1. The van der Waals surface area contributed by atoms with Gasteiger partial charge in [0.2, 0.25) is 0 Å². The van der Waals surface area contributed by atoms with Crippen LogP contribution < -0.4 is 5.32 Å². The number of aromatic hydroxyl groups is 1. The Balaban J connectivity index is 2.13. The summed E-state index contributed by atoms with van der Waals surface area (Å²) >= 11 is 0. The van der Waals surface area contributed by atoms with Gasteiger partial charge in [0.1, 0.15) is 11.2 Å². The summed E-state index contributed by atoms with van der Waals surface area (Å²) in [6.07, 6.45) is 0. The first kappa shape index (κ1) is 12.8. The molecule has 0 aliphatic carbocycles. The molecule has 0 aliphatic heterocycles. The molecule has 4 aromatic rings. The lowest BCUT2D eigenvalue weighted by Gasteiger charge is -2.12. The average molecular weight is 289 g/mol. The van der Waals surface area contributed by atoms with Crippen molar-refractivity contribution in [2.75, 3.05) is 12.4 Å². The first-order chi connectivity index (χ1) is 10.8. The molecule has 108 valence electrons. The van der Waals surface area contributed by atoms with Crippen LogP contribution in [0.3, 0.4) is 0 Å². The van der Waals surface area contributed by atoms with Crippen LogP contribution in [0.2, 0.25) is 0 Å². The molecule has 2 N–H and O–H groups in total. The molecule has 1 aromatic heterocycles. The lowest BCUT2D eigenvalue weighted by molar-refractivity contribution is 0.484. The van der Waals surface area contributed by atoms with Gasteiger partial charge in [0.15, 0.2) is 5.75 Å². The number of fused-ring (bicyclic) bond motifs is 3. The lowest BCUT2D eigenvalue weighted by Crippen LogP contribution is -1.93. The largest absolute Gasteiger partial charge is 0.505 e. The molecule has 22 heavy (non-hydrogen) atoms. The van der Waals surface area contributed by atoms with Crippen LogP contribution in [0.25, 0.3) is 33.1 Å². The van der Waals surface area contributed by atoms with Crippen molar-refractivity contribution in [2.45, 2.75) is 0 Å². The Morgan fingerprint density at radius 1 is 0.909 bits per heavy atom. The first-order valence-corrected chi connectivity index (χ1v) is 7.20. The maximum absolute atomic E-state index is 10.8. The van der Waals surface area contributed by atoms with Gasteiger partial charge in [-0.2, -0.15) is 0 Å². The van der Waals surface area contributed by atoms with Crippen LogP contribution in [0.15, 0.2) is 65.1 Å². The highest BCUT2D eigenvalue weighted by Crippen LogP contribution is 2.44. The molecule has 0 aliphatic rings. The molecule has 3 nitrogen and oxygen atoms in total. The molecule has 0 amide bonds. The van der Waals surface area contributed by atoms with E-state index in [4.69, 9.17) is 4.42 Å². The summed E-state index contributed by atoms with van der Waals surface area (Å²) in [7, 11) is 1.82. The van der Waals surface area contributed by atoms with E-state index in [-0.39, 0.29) is 5.75 Å². The van der Waals surface area contributed by atoms with E-state index in [1.807, 2.05) is 67.7 Å². The molecule has 4 rings (SSSR count). The van der Waals surface area contributed by atoms with Gasteiger partial charge in [0.25, 0.3) is 0 Å². The molecular formula is C19H15NO2. The Bertz CT molecular complexity index is 971. The predicted octanol–water partition coefficient (Wildman–Crippen LogP) is 5.00. The number of phenols is 1. The van der Waals surface area contributed by atoms with Gasteiger partial charge in [-0.15, -0.1) is 0 Å². The number of para-hydroxylation sites is 1. The summed E-state index contributed by atoms with van der Waals surface area (Å²) in [6, 6.07) is 19.7. The Hall–Kier alpha value is -2.94. The van der Waals surface area contributed by atoms with Gasteiger partial charge in [-0.1, -0.05) is 48.5 Å². The molecule has 1 heterocycles. The number of furan rings is 1. The summed E-state index contributed by atoms with van der Waals surface area (Å²) in [5.41, 5.74) is 4.14. The van der Waals surface area contributed by atoms with E-state index in [1.165, 1.54) is 0 Å². The topological polar surface area (TPSA) is 45.4 Å². The summed E-state index contributed by atoms with van der Waals surface area (Å²) in [4.78, 5) is 0. The summed E-state index contributed by atoms with van der Waals surface area (Å²) < 4.78 is 5.91. The number of benzene rings is 3.